The SMILES string of the molecule is CC1Nc2c(Br)cccc2SC1CC#N. The van der Waals surface area contributed by atoms with Crippen molar-refractivity contribution in [1.82, 2.24) is 0 Å². The molecule has 0 fully saturated rings. The Morgan fingerprint density at radius 3 is 3.13 bits per heavy atom. The lowest BCUT2D eigenvalue weighted by Gasteiger charge is -2.31. The van der Waals surface area contributed by atoms with Crippen LogP contribution in [0.5, 0.6) is 0 Å². The minimum atomic E-state index is 0.334. The summed E-state index contributed by atoms with van der Waals surface area (Å²) in [6.45, 7) is 2.12. The smallest absolute Gasteiger partial charge is 0.0634 e. The quantitative estimate of drug-likeness (QED) is 0.854. The van der Waals surface area contributed by atoms with Gasteiger partial charge in [-0.2, -0.15) is 5.26 Å². The summed E-state index contributed by atoms with van der Waals surface area (Å²) in [7, 11) is 0. The van der Waals surface area contributed by atoms with Gasteiger partial charge in [0.15, 0.2) is 0 Å². The van der Waals surface area contributed by atoms with Crippen molar-refractivity contribution >= 4 is 33.4 Å². The van der Waals surface area contributed by atoms with Gasteiger partial charge in [-0.05, 0) is 35.0 Å². The van der Waals surface area contributed by atoms with E-state index in [0.717, 1.165) is 10.2 Å². The molecule has 2 nitrogen and oxygen atoms in total. The number of nitrogens with one attached hydrogen (secondary N) is 1. The van der Waals surface area contributed by atoms with Crippen molar-refractivity contribution in [2.45, 2.75) is 29.5 Å². The van der Waals surface area contributed by atoms with Crippen LogP contribution >= 0.6 is 27.7 Å². The molecule has 2 unspecified atom stereocenters. The molecule has 2 atom stereocenters. The van der Waals surface area contributed by atoms with Gasteiger partial charge in [-0.3, -0.25) is 0 Å². The fraction of sp³-hybridized carbons (Fsp3) is 0.364. The van der Waals surface area contributed by atoms with Crippen molar-refractivity contribution in [2.24, 2.45) is 0 Å². The van der Waals surface area contributed by atoms with Crippen LogP contribution < -0.4 is 5.32 Å². The molecule has 1 aliphatic heterocycles. The maximum Gasteiger partial charge on any atom is 0.0634 e. The molecule has 0 aliphatic carbocycles. The second-order valence-electron chi connectivity index (χ2n) is 3.56. The summed E-state index contributed by atoms with van der Waals surface area (Å²) in [5.41, 5.74) is 1.16. The van der Waals surface area contributed by atoms with E-state index in [-0.39, 0.29) is 0 Å². The predicted molar refractivity (Wildman–Crippen MR) is 67.1 cm³/mol. The second-order valence-corrected chi connectivity index (χ2v) is 5.70. The van der Waals surface area contributed by atoms with Crippen molar-refractivity contribution < 1.29 is 0 Å². The van der Waals surface area contributed by atoms with Crippen LogP contribution in [-0.4, -0.2) is 11.3 Å². The van der Waals surface area contributed by atoms with E-state index in [1.54, 1.807) is 11.8 Å². The zero-order valence-corrected chi connectivity index (χ0v) is 10.7. The van der Waals surface area contributed by atoms with E-state index in [2.05, 4.69) is 40.3 Å². The summed E-state index contributed by atoms with van der Waals surface area (Å²) < 4.78 is 1.09. The van der Waals surface area contributed by atoms with Gasteiger partial charge in [0.25, 0.3) is 0 Å². The van der Waals surface area contributed by atoms with E-state index in [0.29, 0.717) is 17.7 Å². The first-order valence-electron chi connectivity index (χ1n) is 4.81. The van der Waals surface area contributed by atoms with E-state index in [4.69, 9.17) is 5.26 Å². The molecule has 0 amide bonds. The predicted octanol–water partition coefficient (Wildman–Crippen LogP) is 3.64. The van der Waals surface area contributed by atoms with E-state index in [9.17, 15) is 0 Å². The van der Waals surface area contributed by atoms with Crippen LogP contribution in [0.25, 0.3) is 0 Å². The van der Waals surface area contributed by atoms with Crippen LogP contribution in [0.15, 0.2) is 27.6 Å². The normalized spacial score (nSPS) is 23.8. The number of hydrogen-bond acceptors (Lipinski definition) is 3. The summed E-state index contributed by atoms with van der Waals surface area (Å²) >= 11 is 5.32. The largest absolute Gasteiger partial charge is 0.380 e. The van der Waals surface area contributed by atoms with E-state index in [1.165, 1.54) is 4.90 Å². The summed E-state index contributed by atoms with van der Waals surface area (Å²) in [6, 6.07) is 8.72. The molecular formula is C11H11BrN2S. The van der Waals surface area contributed by atoms with Gasteiger partial charge in [-0.1, -0.05) is 6.07 Å². The van der Waals surface area contributed by atoms with Gasteiger partial charge in [0.2, 0.25) is 0 Å². The van der Waals surface area contributed by atoms with Crippen LogP contribution in [0.3, 0.4) is 0 Å². The third-order valence-corrected chi connectivity index (χ3v) is 4.61. The summed E-state index contributed by atoms with van der Waals surface area (Å²) in [4.78, 5) is 1.22. The number of halogens is 1. The molecule has 0 spiro atoms. The Morgan fingerprint density at radius 1 is 1.60 bits per heavy atom. The number of benzene rings is 1. The molecule has 1 aliphatic rings. The van der Waals surface area contributed by atoms with Gasteiger partial charge in [0.05, 0.1) is 11.8 Å². The zero-order valence-electron chi connectivity index (χ0n) is 8.33. The van der Waals surface area contributed by atoms with Crippen molar-refractivity contribution in [3.63, 3.8) is 0 Å². The molecule has 0 radical (unpaired) electrons. The molecule has 0 saturated heterocycles. The number of para-hydroxylation sites is 1. The van der Waals surface area contributed by atoms with Gasteiger partial charge < -0.3 is 5.32 Å². The summed E-state index contributed by atoms with van der Waals surface area (Å²) in [5, 5.41) is 12.5. The van der Waals surface area contributed by atoms with Gasteiger partial charge >= 0.3 is 0 Å². The van der Waals surface area contributed by atoms with Crippen LogP contribution in [0.4, 0.5) is 5.69 Å². The number of rotatable bonds is 1. The van der Waals surface area contributed by atoms with Crippen molar-refractivity contribution in [3.8, 4) is 6.07 Å². The maximum absolute atomic E-state index is 8.74. The Balaban J connectivity index is 2.30. The topological polar surface area (TPSA) is 35.8 Å². The number of thioether (sulfide) groups is 1. The highest BCUT2D eigenvalue weighted by molar-refractivity contribution is 9.10. The average Bonchev–Trinajstić information content (AvgIpc) is 2.21. The maximum atomic E-state index is 8.74. The highest BCUT2D eigenvalue weighted by Crippen LogP contribution is 2.42. The van der Waals surface area contributed by atoms with Crippen molar-refractivity contribution in [2.75, 3.05) is 5.32 Å². The Hall–Kier alpha value is -0.660. The molecule has 4 heteroatoms. The Bertz CT molecular complexity index is 414. The Morgan fingerprint density at radius 2 is 2.40 bits per heavy atom. The molecule has 78 valence electrons. The molecule has 1 heterocycles. The Labute approximate surface area is 102 Å². The number of anilines is 1. The average molecular weight is 283 g/mol. The Kier molecular flexibility index (Phi) is 3.22. The lowest BCUT2D eigenvalue weighted by Crippen LogP contribution is -2.31. The highest BCUT2D eigenvalue weighted by atomic mass is 79.9. The van der Waals surface area contributed by atoms with E-state index >= 15 is 0 Å². The first kappa shape index (κ1) is 10.8. The summed E-state index contributed by atoms with van der Waals surface area (Å²) in [6.07, 6.45) is 0.588. The molecule has 0 bridgehead atoms. The molecule has 0 saturated carbocycles. The van der Waals surface area contributed by atoms with Crippen LogP contribution in [0, 0.1) is 11.3 Å². The number of nitriles is 1. The lowest BCUT2D eigenvalue weighted by molar-refractivity contribution is 0.729. The molecule has 1 N–H and O–H groups in total. The van der Waals surface area contributed by atoms with Crippen LogP contribution in [0.1, 0.15) is 13.3 Å². The van der Waals surface area contributed by atoms with Gasteiger partial charge in [0.1, 0.15) is 0 Å². The van der Waals surface area contributed by atoms with Crippen molar-refractivity contribution in [3.05, 3.63) is 22.7 Å². The molecule has 1 aromatic carbocycles. The van der Waals surface area contributed by atoms with Crippen LogP contribution in [0.2, 0.25) is 0 Å². The third-order valence-electron chi connectivity index (χ3n) is 2.48. The second kappa shape index (κ2) is 4.46. The van der Waals surface area contributed by atoms with E-state index < -0.39 is 0 Å². The summed E-state index contributed by atoms with van der Waals surface area (Å²) in [5.74, 6) is 0. The molecule has 1 aromatic rings. The first-order chi connectivity index (χ1) is 7.22. The third kappa shape index (κ3) is 2.14. The minimum absolute atomic E-state index is 0.334. The molecule has 15 heavy (non-hydrogen) atoms. The number of nitrogens with zero attached hydrogens (tertiary/aromatic N) is 1. The van der Waals surface area contributed by atoms with Crippen molar-refractivity contribution in [1.29, 1.82) is 5.26 Å². The highest BCUT2D eigenvalue weighted by Gasteiger charge is 2.26. The molecule has 2 rings (SSSR count). The fourth-order valence-corrected chi connectivity index (χ4v) is 3.45. The monoisotopic (exact) mass is 282 g/mol. The molecular weight excluding hydrogens is 272 g/mol. The lowest BCUT2D eigenvalue weighted by atomic mass is 10.1. The standard InChI is InChI=1S/C11H11BrN2S/c1-7-9(5-6-13)15-10-4-2-3-8(12)11(10)14-7/h2-4,7,9,14H,5H2,1H3. The minimum Gasteiger partial charge on any atom is -0.380 e. The molecule has 0 aromatic heterocycles. The number of hydrogen-bond donors (Lipinski definition) is 1. The van der Waals surface area contributed by atoms with E-state index in [1.807, 2.05) is 12.1 Å². The van der Waals surface area contributed by atoms with Gasteiger partial charge in [0, 0.05) is 27.1 Å². The van der Waals surface area contributed by atoms with Gasteiger partial charge in [-0.25, -0.2) is 0 Å². The fourth-order valence-electron chi connectivity index (χ4n) is 1.64. The number of fused-ring (bicyclic) bond motifs is 1. The van der Waals surface area contributed by atoms with Crippen LogP contribution in [-0.2, 0) is 0 Å². The van der Waals surface area contributed by atoms with Gasteiger partial charge in [-0.15, -0.1) is 11.8 Å². The first-order valence-corrected chi connectivity index (χ1v) is 6.48. The zero-order chi connectivity index (χ0) is 10.8.